The van der Waals surface area contributed by atoms with Crippen molar-refractivity contribution in [2.45, 2.75) is 25.3 Å². The Labute approximate surface area is 91.7 Å². The maximum atomic E-state index is 8.74. The first-order valence-corrected chi connectivity index (χ1v) is 5.75. The molecule has 1 fully saturated rings. The smallest absolute Gasteiger partial charge is 0.184 e. The van der Waals surface area contributed by atoms with Crippen molar-refractivity contribution in [3.05, 3.63) is 10.5 Å². The summed E-state index contributed by atoms with van der Waals surface area (Å²) in [5.74, 6) is 0.211. The van der Waals surface area contributed by atoms with Crippen LogP contribution in [0.2, 0.25) is 4.34 Å². The van der Waals surface area contributed by atoms with E-state index in [0.717, 1.165) is 24.4 Å². The van der Waals surface area contributed by atoms with E-state index >= 15 is 0 Å². The fourth-order valence-electron chi connectivity index (χ4n) is 1.73. The van der Waals surface area contributed by atoms with Gasteiger partial charge in [-0.2, -0.15) is 5.26 Å². The molecule has 2 rings (SSSR count). The van der Waals surface area contributed by atoms with E-state index in [1.54, 1.807) is 6.20 Å². The Kier molecular flexibility index (Phi) is 2.90. The molecule has 14 heavy (non-hydrogen) atoms. The van der Waals surface area contributed by atoms with Gasteiger partial charge in [-0.15, -0.1) is 0 Å². The largest absolute Gasteiger partial charge is 0.359 e. The molecule has 0 aromatic carbocycles. The van der Waals surface area contributed by atoms with E-state index in [0.29, 0.717) is 10.4 Å². The third-order valence-electron chi connectivity index (χ3n) is 2.42. The zero-order chi connectivity index (χ0) is 9.97. The Hall–Kier alpha value is -0.790. The number of rotatable bonds is 2. The molecule has 0 amide bonds. The minimum absolute atomic E-state index is 0.211. The fraction of sp³-hybridized carbons (Fsp3) is 0.556. The van der Waals surface area contributed by atoms with E-state index in [2.05, 4.69) is 16.4 Å². The molecule has 0 bridgehead atoms. The molecule has 1 N–H and O–H groups in total. The van der Waals surface area contributed by atoms with Crippen molar-refractivity contribution in [2.24, 2.45) is 5.92 Å². The summed E-state index contributed by atoms with van der Waals surface area (Å²) in [6.45, 7) is 0. The summed E-state index contributed by atoms with van der Waals surface area (Å²) in [4.78, 5) is 4.12. The van der Waals surface area contributed by atoms with Crippen molar-refractivity contribution in [1.29, 1.82) is 5.26 Å². The molecule has 1 aromatic rings. The summed E-state index contributed by atoms with van der Waals surface area (Å²) in [5, 5.41) is 12.9. The molecular formula is C9H10ClN3S. The highest BCUT2D eigenvalue weighted by Crippen LogP contribution is 2.30. The normalized spacial score (nSPS) is 26.0. The van der Waals surface area contributed by atoms with Gasteiger partial charge in [-0.05, 0) is 19.3 Å². The Bertz CT molecular complexity index is 357. The number of hydrogen-bond donors (Lipinski definition) is 1. The summed E-state index contributed by atoms with van der Waals surface area (Å²) < 4.78 is 0.697. The van der Waals surface area contributed by atoms with E-state index in [4.69, 9.17) is 16.9 Å². The van der Waals surface area contributed by atoms with Crippen molar-refractivity contribution in [1.82, 2.24) is 4.98 Å². The van der Waals surface area contributed by atoms with E-state index < -0.39 is 0 Å². The molecule has 2 unspecified atom stereocenters. The SMILES string of the molecule is N#CC1CCC(Nc2ncc(Cl)s2)C1. The van der Waals surface area contributed by atoms with Gasteiger partial charge < -0.3 is 5.32 Å². The standard InChI is InChI=1S/C9H10ClN3S/c10-8-5-12-9(14-8)13-7-2-1-6(3-7)4-11/h5-7H,1-3H2,(H,12,13). The number of nitrogens with one attached hydrogen (secondary N) is 1. The van der Waals surface area contributed by atoms with Gasteiger partial charge in [0.2, 0.25) is 0 Å². The van der Waals surface area contributed by atoms with Crippen LogP contribution in [0.25, 0.3) is 0 Å². The van der Waals surface area contributed by atoms with Crippen LogP contribution in [0.15, 0.2) is 6.20 Å². The Morgan fingerprint density at radius 1 is 1.64 bits per heavy atom. The Morgan fingerprint density at radius 3 is 3.07 bits per heavy atom. The maximum Gasteiger partial charge on any atom is 0.184 e. The summed E-state index contributed by atoms with van der Waals surface area (Å²) in [6.07, 6.45) is 4.61. The van der Waals surface area contributed by atoms with Gasteiger partial charge in [0, 0.05) is 12.0 Å². The number of thiazole rings is 1. The van der Waals surface area contributed by atoms with Crippen molar-refractivity contribution in [2.75, 3.05) is 5.32 Å². The van der Waals surface area contributed by atoms with Crippen LogP contribution in [0.4, 0.5) is 5.13 Å². The lowest BCUT2D eigenvalue weighted by molar-refractivity contribution is 0.683. The second-order valence-corrected chi connectivity index (χ2v) is 5.11. The highest BCUT2D eigenvalue weighted by molar-refractivity contribution is 7.19. The number of halogens is 1. The second kappa shape index (κ2) is 4.16. The maximum absolute atomic E-state index is 8.74. The average molecular weight is 228 g/mol. The van der Waals surface area contributed by atoms with Crippen LogP contribution in [-0.2, 0) is 0 Å². The number of anilines is 1. The van der Waals surface area contributed by atoms with E-state index in [9.17, 15) is 0 Å². The van der Waals surface area contributed by atoms with Crippen molar-refractivity contribution in [3.63, 3.8) is 0 Å². The molecule has 3 nitrogen and oxygen atoms in total. The average Bonchev–Trinajstić information content (AvgIpc) is 2.76. The molecule has 0 spiro atoms. The lowest BCUT2D eigenvalue weighted by Gasteiger charge is -2.09. The van der Waals surface area contributed by atoms with Gasteiger partial charge in [-0.25, -0.2) is 4.98 Å². The third-order valence-corrected chi connectivity index (χ3v) is 3.47. The second-order valence-electron chi connectivity index (χ2n) is 3.45. The van der Waals surface area contributed by atoms with Gasteiger partial charge in [-0.1, -0.05) is 22.9 Å². The molecule has 0 radical (unpaired) electrons. The molecule has 1 heterocycles. The van der Waals surface area contributed by atoms with Gasteiger partial charge in [0.25, 0.3) is 0 Å². The Balaban J connectivity index is 1.91. The van der Waals surface area contributed by atoms with Crippen LogP contribution in [0.3, 0.4) is 0 Å². The number of aromatic nitrogens is 1. The van der Waals surface area contributed by atoms with Crippen molar-refractivity contribution < 1.29 is 0 Å². The van der Waals surface area contributed by atoms with Gasteiger partial charge in [-0.3, -0.25) is 0 Å². The highest BCUT2D eigenvalue weighted by atomic mass is 35.5. The van der Waals surface area contributed by atoms with Gasteiger partial charge in [0.05, 0.1) is 12.3 Å². The molecule has 1 aliphatic carbocycles. The summed E-state index contributed by atoms with van der Waals surface area (Å²) in [5.41, 5.74) is 0. The lowest BCUT2D eigenvalue weighted by atomic mass is 10.1. The predicted molar refractivity (Wildman–Crippen MR) is 57.5 cm³/mol. The minimum Gasteiger partial charge on any atom is -0.359 e. The quantitative estimate of drug-likeness (QED) is 0.845. The van der Waals surface area contributed by atoms with Gasteiger partial charge in [0.1, 0.15) is 4.34 Å². The predicted octanol–water partition coefficient (Wildman–Crippen LogP) is 2.90. The molecule has 1 saturated carbocycles. The summed E-state index contributed by atoms with van der Waals surface area (Å²) in [6, 6.07) is 2.69. The number of nitriles is 1. The van der Waals surface area contributed by atoms with E-state index in [-0.39, 0.29) is 5.92 Å². The molecule has 1 aromatic heterocycles. The zero-order valence-electron chi connectivity index (χ0n) is 7.53. The topological polar surface area (TPSA) is 48.7 Å². The molecule has 0 saturated heterocycles. The molecule has 5 heteroatoms. The van der Waals surface area contributed by atoms with Crippen molar-refractivity contribution >= 4 is 28.1 Å². The summed E-state index contributed by atoms with van der Waals surface area (Å²) >= 11 is 7.21. The molecule has 0 aliphatic heterocycles. The third kappa shape index (κ3) is 2.17. The minimum atomic E-state index is 0.211. The first-order chi connectivity index (χ1) is 6.78. The first-order valence-electron chi connectivity index (χ1n) is 4.55. The van der Waals surface area contributed by atoms with Crippen LogP contribution in [-0.4, -0.2) is 11.0 Å². The van der Waals surface area contributed by atoms with Crippen LogP contribution in [0.1, 0.15) is 19.3 Å². The number of nitrogens with zero attached hydrogens (tertiary/aromatic N) is 2. The molecule has 74 valence electrons. The summed E-state index contributed by atoms with van der Waals surface area (Å²) in [7, 11) is 0. The highest BCUT2D eigenvalue weighted by Gasteiger charge is 2.24. The van der Waals surface area contributed by atoms with Crippen molar-refractivity contribution in [3.8, 4) is 6.07 Å². The van der Waals surface area contributed by atoms with Crippen LogP contribution >= 0.6 is 22.9 Å². The lowest BCUT2D eigenvalue weighted by Crippen LogP contribution is -2.14. The molecule has 2 atom stereocenters. The molecular weight excluding hydrogens is 218 g/mol. The number of hydrogen-bond acceptors (Lipinski definition) is 4. The van der Waals surface area contributed by atoms with Gasteiger partial charge >= 0.3 is 0 Å². The van der Waals surface area contributed by atoms with Crippen LogP contribution in [0, 0.1) is 17.2 Å². The van der Waals surface area contributed by atoms with E-state index in [1.807, 2.05) is 0 Å². The molecule has 1 aliphatic rings. The van der Waals surface area contributed by atoms with E-state index in [1.165, 1.54) is 11.3 Å². The Morgan fingerprint density at radius 2 is 2.50 bits per heavy atom. The van der Waals surface area contributed by atoms with Crippen LogP contribution < -0.4 is 5.32 Å². The van der Waals surface area contributed by atoms with Gasteiger partial charge in [0.15, 0.2) is 5.13 Å². The fourth-order valence-corrected chi connectivity index (χ4v) is 2.61. The zero-order valence-corrected chi connectivity index (χ0v) is 9.11. The monoisotopic (exact) mass is 227 g/mol. The first kappa shape index (κ1) is 9.75. The van der Waals surface area contributed by atoms with Crippen LogP contribution in [0.5, 0.6) is 0 Å².